The molecule has 0 amide bonds. The second kappa shape index (κ2) is 12.1. The third kappa shape index (κ3) is 5.80. The number of aryl methyl sites for hydroxylation is 1. The molecule has 1 aromatic carbocycles. The monoisotopic (exact) mass is 579 g/mol. The summed E-state index contributed by atoms with van der Waals surface area (Å²) in [6.07, 6.45) is 4.27. The van der Waals surface area contributed by atoms with E-state index in [1.165, 1.54) is 30.2 Å². The quantitative estimate of drug-likeness (QED) is 0.337. The molecule has 0 aromatic heterocycles. The van der Waals surface area contributed by atoms with Crippen molar-refractivity contribution in [2.45, 2.75) is 82.5 Å². The van der Waals surface area contributed by atoms with E-state index in [0.717, 1.165) is 40.0 Å². The zero-order chi connectivity index (χ0) is 27.7. The van der Waals surface area contributed by atoms with Crippen molar-refractivity contribution >= 4 is 51.3 Å². The molecule has 4 rings (SSSR count). The first-order chi connectivity index (χ1) is 18.0. The van der Waals surface area contributed by atoms with E-state index in [2.05, 4.69) is 43.8 Å². The predicted octanol–water partition coefficient (Wildman–Crippen LogP) is 5.39. The Morgan fingerprint density at radius 2 is 2.05 bits per heavy atom. The van der Waals surface area contributed by atoms with Crippen molar-refractivity contribution < 1.29 is 19.7 Å². The van der Waals surface area contributed by atoms with Crippen LogP contribution in [0.1, 0.15) is 58.1 Å². The summed E-state index contributed by atoms with van der Waals surface area (Å²) < 4.78 is 6.12. The number of hydrogen-bond donors (Lipinski definition) is 2. The highest BCUT2D eigenvalue weighted by Crippen LogP contribution is 2.45. The van der Waals surface area contributed by atoms with Crippen LogP contribution in [-0.4, -0.2) is 91.7 Å². The Balaban J connectivity index is 1.51. The van der Waals surface area contributed by atoms with Gasteiger partial charge in [0, 0.05) is 35.8 Å². The summed E-state index contributed by atoms with van der Waals surface area (Å²) in [5.41, 5.74) is 0.578. The highest BCUT2D eigenvalue weighted by molar-refractivity contribution is 8.15. The molecule has 38 heavy (non-hydrogen) atoms. The molecule has 0 bridgehead atoms. The van der Waals surface area contributed by atoms with Gasteiger partial charge in [-0.25, -0.2) is 4.79 Å². The number of unbranched alkanes of at least 4 members (excludes halogenated alkanes) is 2. The molecule has 0 aliphatic carbocycles. The number of rotatable bonds is 11. The van der Waals surface area contributed by atoms with Crippen LogP contribution in [0.5, 0.6) is 5.75 Å². The molecule has 10 heteroatoms. The molecule has 3 aliphatic rings. The van der Waals surface area contributed by atoms with Crippen LogP contribution in [0.4, 0.5) is 0 Å². The van der Waals surface area contributed by atoms with Gasteiger partial charge in [-0.05, 0) is 38.4 Å². The number of benzene rings is 1. The number of phenols is 1. The fourth-order valence-corrected chi connectivity index (χ4v) is 9.81. The van der Waals surface area contributed by atoms with Crippen molar-refractivity contribution in [3.63, 3.8) is 0 Å². The molecule has 1 saturated heterocycles. The number of carboxylic acid groups (broad SMARTS) is 1. The molecule has 0 saturated carbocycles. The first-order valence-corrected chi connectivity index (χ1v) is 16.4. The van der Waals surface area contributed by atoms with Crippen LogP contribution in [0.15, 0.2) is 28.2 Å². The molecule has 1 fully saturated rings. The van der Waals surface area contributed by atoms with E-state index in [9.17, 15) is 15.0 Å². The molecular formula is C28H41N3O4S3. The maximum atomic E-state index is 11.8. The molecule has 0 spiro atoms. The van der Waals surface area contributed by atoms with Crippen LogP contribution >= 0.6 is 35.3 Å². The standard InChI is InChI=1S/C28H41N3O4S3/c1-7-8-9-11-17-12-10-13-20(32)21(17)23-29-18(14-36-23)24-31(5)19(15-37-24)22(35-6)27(2,3)25-30-28(4,16-38-25)26(33)34/h10,12-13,18-19,22,24,32H,7-9,11,14-16H2,1-6H3,(H,33,34)/t18-,19+,22-,24-,28-/m1/s1. The summed E-state index contributed by atoms with van der Waals surface area (Å²) in [5.74, 6) is 1.67. The van der Waals surface area contributed by atoms with Crippen LogP contribution in [0.3, 0.4) is 0 Å². The lowest BCUT2D eigenvalue weighted by atomic mass is 9.82. The summed E-state index contributed by atoms with van der Waals surface area (Å²) in [7, 11) is 3.89. The van der Waals surface area contributed by atoms with E-state index in [1.54, 1.807) is 31.9 Å². The summed E-state index contributed by atoms with van der Waals surface area (Å²) in [5, 5.41) is 22.4. The molecule has 0 unspecified atom stereocenters. The fraction of sp³-hybridized carbons (Fsp3) is 0.679. The van der Waals surface area contributed by atoms with Crippen molar-refractivity contribution in [1.82, 2.24) is 4.90 Å². The lowest BCUT2D eigenvalue weighted by Crippen LogP contribution is -2.52. The van der Waals surface area contributed by atoms with Gasteiger partial charge in [0.15, 0.2) is 5.54 Å². The minimum atomic E-state index is -1.08. The third-order valence-corrected chi connectivity index (χ3v) is 12.1. The van der Waals surface area contributed by atoms with Gasteiger partial charge in [-0.15, -0.1) is 35.3 Å². The number of methoxy groups -OCH3 is 1. The van der Waals surface area contributed by atoms with Crippen LogP contribution in [0.25, 0.3) is 0 Å². The molecule has 210 valence electrons. The summed E-state index contributed by atoms with van der Waals surface area (Å²) in [4.78, 5) is 24.0. The highest BCUT2D eigenvalue weighted by atomic mass is 32.2. The van der Waals surface area contributed by atoms with Gasteiger partial charge < -0.3 is 14.9 Å². The van der Waals surface area contributed by atoms with Crippen LogP contribution in [0, 0.1) is 5.41 Å². The fourth-order valence-electron chi connectivity index (χ4n) is 5.58. The number of ether oxygens (including phenoxy) is 1. The zero-order valence-electron chi connectivity index (χ0n) is 23.3. The highest BCUT2D eigenvalue weighted by Gasteiger charge is 2.51. The average Bonchev–Trinajstić information content (AvgIpc) is 3.60. The Morgan fingerprint density at radius 3 is 2.71 bits per heavy atom. The SMILES string of the molecule is CCCCCc1cccc(O)c1C1=N[C@@H]([C@H]2SC[C@@H]([C@@H](OC)C(C)(C)C3=N[C@@](C)(C(=O)O)CS3)N2C)CS1. The number of nitrogens with zero attached hydrogens (tertiary/aromatic N) is 3. The van der Waals surface area contributed by atoms with Gasteiger partial charge in [0.2, 0.25) is 0 Å². The molecular weight excluding hydrogens is 539 g/mol. The predicted molar refractivity (Wildman–Crippen MR) is 162 cm³/mol. The average molecular weight is 580 g/mol. The first kappa shape index (κ1) is 29.8. The zero-order valence-corrected chi connectivity index (χ0v) is 25.7. The molecule has 7 nitrogen and oxygen atoms in total. The number of likely N-dealkylation sites (N-methyl/N-ethyl adjacent to an activating group) is 1. The molecule has 3 aliphatic heterocycles. The topological polar surface area (TPSA) is 94.7 Å². The minimum Gasteiger partial charge on any atom is -0.507 e. The summed E-state index contributed by atoms with van der Waals surface area (Å²) in [6.45, 7) is 8.13. The number of carboxylic acids is 1. The van der Waals surface area contributed by atoms with Gasteiger partial charge in [0.05, 0.1) is 28.1 Å². The maximum absolute atomic E-state index is 11.8. The molecule has 2 N–H and O–H groups in total. The number of carbonyl (C=O) groups is 1. The van der Waals surface area contributed by atoms with Crippen molar-refractivity contribution in [2.24, 2.45) is 15.4 Å². The van der Waals surface area contributed by atoms with E-state index >= 15 is 0 Å². The van der Waals surface area contributed by atoms with Crippen molar-refractivity contribution in [2.75, 3.05) is 31.4 Å². The maximum Gasteiger partial charge on any atom is 0.332 e. The Kier molecular flexibility index (Phi) is 9.50. The lowest BCUT2D eigenvalue weighted by molar-refractivity contribution is -0.141. The second-order valence-electron chi connectivity index (χ2n) is 11.2. The van der Waals surface area contributed by atoms with Crippen molar-refractivity contribution in [3.8, 4) is 5.75 Å². The summed E-state index contributed by atoms with van der Waals surface area (Å²) in [6, 6.07) is 6.09. The van der Waals surface area contributed by atoms with E-state index in [0.29, 0.717) is 11.5 Å². The lowest BCUT2D eigenvalue weighted by Gasteiger charge is -2.40. The second-order valence-corrected chi connectivity index (χ2v) is 14.3. The smallest absolute Gasteiger partial charge is 0.332 e. The number of hydrogen-bond acceptors (Lipinski definition) is 9. The van der Waals surface area contributed by atoms with Crippen LogP contribution < -0.4 is 0 Å². The van der Waals surface area contributed by atoms with Gasteiger partial charge in [0.25, 0.3) is 0 Å². The first-order valence-electron chi connectivity index (χ1n) is 13.4. The van der Waals surface area contributed by atoms with Crippen molar-refractivity contribution in [1.29, 1.82) is 0 Å². The molecule has 1 aromatic rings. The number of aliphatic imine (C=N–C) groups is 2. The van der Waals surface area contributed by atoms with Crippen LogP contribution in [-0.2, 0) is 16.0 Å². The van der Waals surface area contributed by atoms with E-state index in [-0.39, 0.29) is 23.6 Å². The largest absolute Gasteiger partial charge is 0.507 e. The molecule has 5 atom stereocenters. The Bertz CT molecular complexity index is 1100. The van der Waals surface area contributed by atoms with Gasteiger partial charge in [-0.2, -0.15) is 0 Å². The van der Waals surface area contributed by atoms with Crippen molar-refractivity contribution in [3.05, 3.63) is 29.3 Å². The number of phenolic OH excluding ortho intramolecular Hbond substituents is 1. The molecule has 0 radical (unpaired) electrons. The van der Waals surface area contributed by atoms with Gasteiger partial charge in [0.1, 0.15) is 10.8 Å². The Labute approximate surface area is 239 Å². The Hall–Kier alpha value is -1.20. The third-order valence-electron chi connectivity index (χ3n) is 7.92. The van der Waals surface area contributed by atoms with Gasteiger partial charge in [-0.3, -0.25) is 14.9 Å². The van der Waals surface area contributed by atoms with E-state index in [4.69, 9.17) is 9.73 Å². The summed E-state index contributed by atoms with van der Waals surface area (Å²) >= 11 is 5.19. The van der Waals surface area contributed by atoms with E-state index < -0.39 is 16.9 Å². The molecule has 3 heterocycles. The number of aliphatic carboxylic acids is 1. The van der Waals surface area contributed by atoms with Gasteiger partial charge in [-0.1, -0.05) is 45.7 Å². The van der Waals surface area contributed by atoms with Crippen LogP contribution in [0.2, 0.25) is 0 Å². The minimum absolute atomic E-state index is 0.118. The van der Waals surface area contributed by atoms with Gasteiger partial charge >= 0.3 is 5.97 Å². The number of aromatic hydroxyl groups is 1. The van der Waals surface area contributed by atoms with E-state index in [1.807, 2.05) is 17.8 Å². The number of thioether (sulfide) groups is 3. The normalized spacial score (nSPS) is 28.9. The Morgan fingerprint density at radius 1 is 1.29 bits per heavy atom.